The maximum absolute atomic E-state index is 11.8. The van der Waals surface area contributed by atoms with Crippen LogP contribution >= 0.6 is 0 Å². The second-order valence-corrected chi connectivity index (χ2v) is 4.35. The van der Waals surface area contributed by atoms with Gasteiger partial charge in [0.2, 0.25) is 5.95 Å². The highest BCUT2D eigenvalue weighted by Crippen LogP contribution is 2.12. The normalized spacial score (nSPS) is 10.3. The highest BCUT2D eigenvalue weighted by molar-refractivity contribution is 5.91. The summed E-state index contributed by atoms with van der Waals surface area (Å²) in [6.45, 7) is 2.68. The molecule has 0 bridgehead atoms. The molecule has 2 heterocycles. The summed E-state index contributed by atoms with van der Waals surface area (Å²) >= 11 is 0. The van der Waals surface area contributed by atoms with Crippen molar-refractivity contribution in [3.63, 3.8) is 0 Å². The average Bonchev–Trinajstić information content (AvgIpc) is 2.87. The van der Waals surface area contributed by atoms with E-state index < -0.39 is 0 Å². The van der Waals surface area contributed by atoms with Crippen LogP contribution in [0.1, 0.15) is 17.4 Å². The van der Waals surface area contributed by atoms with Gasteiger partial charge in [0, 0.05) is 32.9 Å². The summed E-state index contributed by atoms with van der Waals surface area (Å²) in [6, 6.07) is 3.35. The molecule has 0 saturated carbocycles. The predicted molar refractivity (Wildman–Crippen MR) is 75.7 cm³/mol. The van der Waals surface area contributed by atoms with Crippen molar-refractivity contribution in [3.8, 4) is 5.82 Å². The number of aromatic nitrogens is 4. The number of carbonyl (C=O) groups excluding carboxylic acids is 1. The van der Waals surface area contributed by atoms with Crippen molar-refractivity contribution in [2.45, 2.75) is 6.92 Å². The summed E-state index contributed by atoms with van der Waals surface area (Å²) in [5.41, 5.74) is 6.01. The van der Waals surface area contributed by atoms with Gasteiger partial charge in [0.05, 0.1) is 0 Å². The Balaban J connectivity index is 2.34. The number of nitrogens with one attached hydrogen (secondary N) is 1. The number of nitrogens with two attached hydrogens (primary N) is 1. The SMILES string of the molecule is CCNc1cc(-n2ccc(C(=O)N(C)C)n2)nc(N)n1. The number of hydrogen-bond acceptors (Lipinski definition) is 6. The number of rotatable bonds is 4. The monoisotopic (exact) mass is 275 g/mol. The third kappa shape index (κ3) is 2.85. The van der Waals surface area contributed by atoms with Gasteiger partial charge in [-0.3, -0.25) is 4.79 Å². The molecule has 0 fully saturated rings. The number of hydrogen-bond donors (Lipinski definition) is 2. The standard InChI is InChI=1S/C12H17N7O/c1-4-14-9-7-10(16-12(13)15-9)19-6-5-8(17-19)11(20)18(2)3/h5-7H,4H2,1-3H3,(H3,13,14,15,16). The first-order chi connectivity index (χ1) is 9.51. The second-order valence-electron chi connectivity index (χ2n) is 4.35. The summed E-state index contributed by atoms with van der Waals surface area (Å²) in [4.78, 5) is 21.4. The molecular weight excluding hydrogens is 258 g/mol. The van der Waals surface area contributed by atoms with Crippen LogP contribution in [0, 0.1) is 0 Å². The Kier molecular flexibility index (Phi) is 3.83. The molecule has 106 valence electrons. The van der Waals surface area contributed by atoms with Gasteiger partial charge in [-0.1, -0.05) is 0 Å². The smallest absolute Gasteiger partial charge is 0.273 e. The molecule has 3 N–H and O–H groups in total. The Morgan fingerprint density at radius 3 is 2.85 bits per heavy atom. The van der Waals surface area contributed by atoms with Crippen LogP contribution in [0.4, 0.5) is 11.8 Å². The van der Waals surface area contributed by atoms with E-state index in [0.717, 1.165) is 6.54 Å². The minimum Gasteiger partial charge on any atom is -0.370 e. The summed E-state index contributed by atoms with van der Waals surface area (Å²) in [6.07, 6.45) is 1.66. The molecule has 0 aromatic carbocycles. The lowest BCUT2D eigenvalue weighted by Crippen LogP contribution is -2.22. The third-order valence-corrected chi connectivity index (χ3v) is 2.54. The van der Waals surface area contributed by atoms with E-state index in [1.54, 1.807) is 32.4 Å². The number of nitrogen functional groups attached to an aromatic ring is 1. The lowest BCUT2D eigenvalue weighted by Gasteiger charge is -2.08. The molecule has 2 rings (SSSR count). The fraction of sp³-hybridized carbons (Fsp3) is 0.333. The van der Waals surface area contributed by atoms with Crippen molar-refractivity contribution in [2.75, 3.05) is 31.7 Å². The fourth-order valence-corrected chi connectivity index (χ4v) is 1.64. The van der Waals surface area contributed by atoms with Gasteiger partial charge < -0.3 is 16.0 Å². The van der Waals surface area contributed by atoms with E-state index in [0.29, 0.717) is 17.3 Å². The van der Waals surface area contributed by atoms with Crippen LogP contribution in [0.25, 0.3) is 5.82 Å². The van der Waals surface area contributed by atoms with E-state index in [1.807, 2.05) is 6.92 Å². The van der Waals surface area contributed by atoms with Crippen LogP contribution in [-0.2, 0) is 0 Å². The van der Waals surface area contributed by atoms with E-state index in [2.05, 4.69) is 20.4 Å². The number of anilines is 2. The highest BCUT2D eigenvalue weighted by Gasteiger charge is 2.13. The van der Waals surface area contributed by atoms with Gasteiger partial charge >= 0.3 is 0 Å². The zero-order valence-corrected chi connectivity index (χ0v) is 11.7. The number of amides is 1. The Morgan fingerprint density at radius 2 is 2.20 bits per heavy atom. The lowest BCUT2D eigenvalue weighted by molar-refractivity contribution is 0.0821. The quantitative estimate of drug-likeness (QED) is 0.836. The molecular formula is C12H17N7O. The number of nitrogens with zero attached hydrogens (tertiary/aromatic N) is 5. The fourth-order valence-electron chi connectivity index (χ4n) is 1.64. The van der Waals surface area contributed by atoms with Crippen molar-refractivity contribution in [3.05, 3.63) is 24.0 Å². The van der Waals surface area contributed by atoms with E-state index in [-0.39, 0.29) is 11.9 Å². The van der Waals surface area contributed by atoms with Crippen LogP contribution in [0.15, 0.2) is 18.3 Å². The zero-order chi connectivity index (χ0) is 14.7. The highest BCUT2D eigenvalue weighted by atomic mass is 16.2. The van der Waals surface area contributed by atoms with E-state index in [9.17, 15) is 4.79 Å². The van der Waals surface area contributed by atoms with Gasteiger partial charge in [0.15, 0.2) is 11.5 Å². The van der Waals surface area contributed by atoms with Gasteiger partial charge in [-0.2, -0.15) is 15.1 Å². The van der Waals surface area contributed by atoms with Gasteiger partial charge in [-0.15, -0.1) is 0 Å². The van der Waals surface area contributed by atoms with Gasteiger partial charge in [0.1, 0.15) is 5.82 Å². The molecule has 0 radical (unpaired) electrons. The lowest BCUT2D eigenvalue weighted by atomic mass is 10.4. The largest absolute Gasteiger partial charge is 0.370 e. The molecule has 2 aromatic heterocycles. The molecule has 2 aromatic rings. The summed E-state index contributed by atoms with van der Waals surface area (Å²) in [5, 5.41) is 7.25. The predicted octanol–water partition coefficient (Wildman–Crippen LogP) is 0.378. The molecule has 0 aliphatic carbocycles. The molecule has 0 aliphatic heterocycles. The van der Waals surface area contributed by atoms with Crippen LogP contribution in [0.3, 0.4) is 0 Å². The van der Waals surface area contributed by atoms with Gasteiger partial charge in [-0.25, -0.2) is 4.68 Å². The first-order valence-corrected chi connectivity index (χ1v) is 6.17. The number of carbonyl (C=O) groups is 1. The molecule has 0 unspecified atom stereocenters. The average molecular weight is 275 g/mol. The Morgan fingerprint density at radius 1 is 1.45 bits per heavy atom. The van der Waals surface area contributed by atoms with Crippen molar-refractivity contribution >= 4 is 17.7 Å². The molecule has 8 heteroatoms. The molecule has 20 heavy (non-hydrogen) atoms. The van der Waals surface area contributed by atoms with E-state index in [4.69, 9.17) is 5.73 Å². The van der Waals surface area contributed by atoms with Crippen molar-refractivity contribution < 1.29 is 4.79 Å². The molecule has 0 aliphatic rings. The maximum Gasteiger partial charge on any atom is 0.273 e. The summed E-state index contributed by atoms with van der Waals surface area (Å²) in [5.74, 6) is 1.10. The van der Waals surface area contributed by atoms with Gasteiger partial charge in [-0.05, 0) is 13.0 Å². The van der Waals surface area contributed by atoms with E-state index >= 15 is 0 Å². The van der Waals surface area contributed by atoms with Crippen molar-refractivity contribution in [1.29, 1.82) is 0 Å². The molecule has 1 amide bonds. The summed E-state index contributed by atoms with van der Waals surface area (Å²) < 4.78 is 1.50. The van der Waals surface area contributed by atoms with E-state index in [1.165, 1.54) is 9.58 Å². The topological polar surface area (TPSA) is 102 Å². The third-order valence-electron chi connectivity index (χ3n) is 2.54. The van der Waals surface area contributed by atoms with Crippen molar-refractivity contribution in [2.24, 2.45) is 0 Å². The Hall–Kier alpha value is -2.64. The summed E-state index contributed by atoms with van der Waals surface area (Å²) in [7, 11) is 3.35. The van der Waals surface area contributed by atoms with Crippen LogP contribution in [0.2, 0.25) is 0 Å². The maximum atomic E-state index is 11.8. The first-order valence-electron chi connectivity index (χ1n) is 6.17. The van der Waals surface area contributed by atoms with Crippen LogP contribution < -0.4 is 11.1 Å². The first kappa shape index (κ1) is 13.8. The molecule has 0 atom stereocenters. The molecule has 0 spiro atoms. The molecule has 0 saturated heterocycles. The Bertz CT molecular complexity index is 620. The Labute approximate surface area is 116 Å². The minimum absolute atomic E-state index is 0.148. The molecule has 8 nitrogen and oxygen atoms in total. The van der Waals surface area contributed by atoms with Crippen molar-refractivity contribution in [1.82, 2.24) is 24.6 Å². The van der Waals surface area contributed by atoms with Gasteiger partial charge in [0.25, 0.3) is 5.91 Å². The minimum atomic E-state index is -0.169. The van der Waals surface area contributed by atoms with Crippen LogP contribution in [0.5, 0.6) is 0 Å². The van der Waals surface area contributed by atoms with Crippen LogP contribution in [-0.4, -0.2) is 51.2 Å². The zero-order valence-electron chi connectivity index (χ0n) is 11.7. The second kappa shape index (κ2) is 5.55.